The summed E-state index contributed by atoms with van der Waals surface area (Å²) >= 11 is 0. The molecule has 1 fully saturated rings. The number of nitrogens with one attached hydrogen (secondary N) is 1. The van der Waals surface area contributed by atoms with Gasteiger partial charge in [-0.1, -0.05) is 6.07 Å². The highest BCUT2D eigenvalue weighted by molar-refractivity contribution is 6.06. The number of nitrogens with zero attached hydrogens (tertiary/aromatic N) is 2. The summed E-state index contributed by atoms with van der Waals surface area (Å²) in [5, 5.41) is 2.65. The van der Waals surface area contributed by atoms with Crippen molar-refractivity contribution in [3.63, 3.8) is 0 Å². The van der Waals surface area contributed by atoms with Gasteiger partial charge in [0.05, 0.1) is 0 Å². The largest absolute Gasteiger partial charge is 0.399 e. The maximum Gasteiger partial charge on any atom is 0.327 e. The Labute approximate surface area is 116 Å². The third-order valence-electron chi connectivity index (χ3n) is 3.07. The number of aryl methyl sites for hydroxylation is 1. The number of carbonyl (C=O) groups is 3. The standard InChI is InChI=1S/C13H16N4O3/c1-8-3-4-9(14)5-10(8)15-11(18)6-17-12(19)7-16(2)13(17)20/h3-5H,6-7,14H2,1-2H3,(H,15,18). The number of hydrogen-bond acceptors (Lipinski definition) is 4. The Morgan fingerprint density at radius 1 is 1.40 bits per heavy atom. The minimum absolute atomic E-state index is 0.00340. The minimum Gasteiger partial charge on any atom is -0.399 e. The van der Waals surface area contributed by atoms with E-state index in [4.69, 9.17) is 5.73 Å². The van der Waals surface area contributed by atoms with E-state index in [0.717, 1.165) is 10.5 Å². The molecule has 0 bridgehead atoms. The molecule has 0 atom stereocenters. The fourth-order valence-corrected chi connectivity index (χ4v) is 1.93. The molecule has 0 aliphatic carbocycles. The van der Waals surface area contributed by atoms with Crippen molar-refractivity contribution < 1.29 is 14.4 Å². The van der Waals surface area contributed by atoms with Gasteiger partial charge in [0.25, 0.3) is 5.91 Å². The van der Waals surface area contributed by atoms with Crippen LogP contribution in [-0.2, 0) is 9.59 Å². The maximum absolute atomic E-state index is 11.9. The van der Waals surface area contributed by atoms with Gasteiger partial charge < -0.3 is 16.0 Å². The number of urea groups is 1. The normalized spacial score (nSPS) is 14.9. The van der Waals surface area contributed by atoms with E-state index >= 15 is 0 Å². The van der Waals surface area contributed by atoms with Crippen LogP contribution >= 0.6 is 0 Å². The molecule has 4 amide bonds. The van der Waals surface area contributed by atoms with E-state index in [9.17, 15) is 14.4 Å². The molecule has 1 aliphatic heterocycles. The lowest BCUT2D eigenvalue weighted by Crippen LogP contribution is -2.38. The Kier molecular flexibility index (Phi) is 3.60. The molecule has 3 N–H and O–H groups in total. The second kappa shape index (κ2) is 5.20. The molecule has 1 heterocycles. The van der Waals surface area contributed by atoms with Crippen LogP contribution in [0.1, 0.15) is 5.56 Å². The molecule has 106 valence electrons. The second-order valence-electron chi connectivity index (χ2n) is 4.74. The number of likely N-dealkylation sites (N-methyl/N-ethyl adjacent to an activating group) is 1. The molecule has 1 saturated heterocycles. The number of amides is 4. The minimum atomic E-state index is -0.463. The topological polar surface area (TPSA) is 95.7 Å². The molecular weight excluding hydrogens is 260 g/mol. The first-order valence-electron chi connectivity index (χ1n) is 6.10. The van der Waals surface area contributed by atoms with Crippen molar-refractivity contribution in [3.05, 3.63) is 23.8 Å². The van der Waals surface area contributed by atoms with Gasteiger partial charge >= 0.3 is 6.03 Å². The van der Waals surface area contributed by atoms with E-state index in [1.54, 1.807) is 18.2 Å². The van der Waals surface area contributed by atoms with Gasteiger partial charge in [-0.2, -0.15) is 0 Å². The van der Waals surface area contributed by atoms with Crippen molar-refractivity contribution in [1.29, 1.82) is 0 Å². The fourth-order valence-electron chi connectivity index (χ4n) is 1.93. The molecule has 7 nitrogen and oxygen atoms in total. The molecule has 1 aromatic rings. The van der Waals surface area contributed by atoms with Gasteiger partial charge in [0.15, 0.2) is 0 Å². The highest BCUT2D eigenvalue weighted by Gasteiger charge is 2.34. The number of nitrogens with two attached hydrogens (primary N) is 1. The Balaban J connectivity index is 2.04. The van der Waals surface area contributed by atoms with E-state index in [1.165, 1.54) is 11.9 Å². The summed E-state index contributed by atoms with van der Waals surface area (Å²) in [5.74, 6) is -0.812. The van der Waals surface area contributed by atoms with Crippen LogP contribution < -0.4 is 11.1 Å². The number of hydrogen-bond donors (Lipinski definition) is 2. The van der Waals surface area contributed by atoms with Gasteiger partial charge in [-0.15, -0.1) is 0 Å². The van der Waals surface area contributed by atoms with E-state index in [-0.39, 0.29) is 19.0 Å². The predicted octanol–water partition coefficient (Wildman–Crippen LogP) is 0.410. The average molecular weight is 276 g/mol. The molecule has 0 spiro atoms. The number of rotatable bonds is 3. The smallest absolute Gasteiger partial charge is 0.327 e. The number of anilines is 2. The van der Waals surface area contributed by atoms with Gasteiger partial charge in [0, 0.05) is 18.4 Å². The van der Waals surface area contributed by atoms with Gasteiger partial charge in [-0.3, -0.25) is 14.5 Å². The lowest BCUT2D eigenvalue weighted by Gasteiger charge is -2.15. The summed E-state index contributed by atoms with van der Waals surface area (Å²) in [6.07, 6.45) is 0. The van der Waals surface area contributed by atoms with Crippen molar-refractivity contribution in [3.8, 4) is 0 Å². The first-order chi connectivity index (χ1) is 9.38. The summed E-state index contributed by atoms with van der Waals surface area (Å²) in [4.78, 5) is 37.3. The number of carbonyl (C=O) groups excluding carboxylic acids is 3. The number of benzene rings is 1. The lowest BCUT2D eigenvalue weighted by molar-refractivity contribution is -0.129. The van der Waals surface area contributed by atoms with Crippen LogP contribution in [0, 0.1) is 6.92 Å². The van der Waals surface area contributed by atoms with E-state index in [0.29, 0.717) is 11.4 Å². The van der Waals surface area contributed by atoms with Crippen molar-refractivity contribution in [2.75, 3.05) is 31.2 Å². The summed E-state index contributed by atoms with van der Waals surface area (Å²) in [7, 11) is 1.51. The average Bonchev–Trinajstić information content (AvgIpc) is 2.61. The third-order valence-corrected chi connectivity index (χ3v) is 3.07. The highest BCUT2D eigenvalue weighted by Crippen LogP contribution is 2.18. The van der Waals surface area contributed by atoms with Crippen LogP contribution in [-0.4, -0.2) is 47.8 Å². The second-order valence-corrected chi connectivity index (χ2v) is 4.74. The summed E-state index contributed by atoms with van der Waals surface area (Å²) < 4.78 is 0. The first-order valence-corrected chi connectivity index (χ1v) is 6.10. The predicted molar refractivity (Wildman–Crippen MR) is 74.0 cm³/mol. The van der Waals surface area contributed by atoms with Crippen molar-refractivity contribution >= 4 is 29.2 Å². The van der Waals surface area contributed by atoms with Crippen LogP contribution in [0.2, 0.25) is 0 Å². The summed E-state index contributed by atoms with van der Waals surface area (Å²) in [5.41, 5.74) is 7.60. The molecule has 20 heavy (non-hydrogen) atoms. The maximum atomic E-state index is 11.9. The van der Waals surface area contributed by atoms with Gasteiger partial charge in [-0.25, -0.2) is 4.79 Å². The fraction of sp³-hybridized carbons (Fsp3) is 0.308. The van der Waals surface area contributed by atoms with Crippen molar-refractivity contribution in [1.82, 2.24) is 9.80 Å². The molecule has 2 rings (SSSR count). The van der Waals surface area contributed by atoms with Gasteiger partial charge in [0.1, 0.15) is 13.1 Å². The van der Waals surface area contributed by atoms with Crippen LogP contribution in [0.15, 0.2) is 18.2 Å². The Bertz CT molecular complexity index is 585. The van der Waals surface area contributed by atoms with Crippen molar-refractivity contribution in [2.24, 2.45) is 0 Å². The molecule has 0 aromatic heterocycles. The van der Waals surface area contributed by atoms with Crippen LogP contribution in [0.3, 0.4) is 0 Å². The van der Waals surface area contributed by atoms with Crippen LogP contribution in [0.5, 0.6) is 0 Å². The van der Waals surface area contributed by atoms with E-state index in [1.807, 2.05) is 6.92 Å². The molecule has 1 aromatic carbocycles. The lowest BCUT2D eigenvalue weighted by atomic mass is 10.2. The number of nitrogen functional groups attached to an aromatic ring is 1. The zero-order chi connectivity index (χ0) is 14.9. The molecule has 0 unspecified atom stereocenters. The Morgan fingerprint density at radius 3 is 2.70 bits per heavy atom. The third kappa shape index (κ3) is 2.71. The van der Waals surface area contributed by atoms with Crippen LogP contribution in [0.4, 0.5) is 16.2 Å². The molecule has 7 heteroatoms. The Hall–Kier alpha value is -2.57. The van der Waals surface area contributed by atoms with Crippen LogP contribution in [0.25, 0.3) is 0 Å². The quantitative estimate of drug-likeness (QED) is 0.617. The monoisotopic (exact) mass is 276 g/mol. The summed E-state index contributed by atoms with van der Waals surface area (Å²) in [6.45, 7) is 1.54. The molecular formula is C13H16N4O3. The zero-order valence-corrected chi connectivity index (χ0v) is 11.3. The Morgan fingerprint density at radius 2 is 2.10 bits per heavy atom. The van der Waals surface area contributed by atoms with Gasteiger partial charge in [0.2, 0.25) is 5.91 Å². The van der Waals surface area contributed by atoms with Crippen molar-refractivity contribution in [2.45, 2.75) is 6.92 Å². The van der Waals surface area contributed by atoms with E-state index < -0.39 is 11.9 Å². The zero-order valence-electron chi connectivity index (χ0n) is 11.3. The number of imide groups is 1. The molecule has 0 saturated carbocycles. The van der Waals surface area contributed by atoms with E-state index in [2.05, 4.69) is 5.32 Å². The SMILES string of the molecule is Cc1ccc(N)cc1NC(=O)CN1C(=O)CN(C)C1=O. The highest BCUT2D eigenvalue weighted by atomic mass is 16.2. The summed E-state index contributed by atoms with van der Waals surface area (Å²) in [6, 6.07) is 4.68. The van der Waals surface area contributed by atoms with Gasteiger partial charge in [-0.05, 0) is 24.6 Å². The first kappa shape index (κ1) is 13.9. The molecule has 0 radical (unpaired) electrons. The molecule has 1 aliphatic rings.